The summed E-state index contributed by atoms with van der Waals surface area (Å²) < 4.78 is 97.7. The van der Waals surface area contributed by atoms with Crippen molar-refractivity contribution in [3.05, 3.63) is 88.0 Å². The molecular formula is C29H29BrF6O3. The fourth-order valence-electron chi connectivity index (χ4n) is 3.96. The molecule has 3 rings (SSSR count). The molecule has 3 aromatic carbocycles. The fourth-order valence-corrected chi connectivity index (χ4v) is 4.44. The number of alkyl halides is 7. The van der Waals surface area contributed by atoms with Crippen LogP contribution in [0.15, 0.2) is 54.6 Å². The Morgan fingerprint density at radius 2 is 0.821 bits per heavy atom. The van der Waals surface area contributed by atoms with Crippen molar-refractivity contribution < 1.29 is 40.6 Å². The van der Waals surface area contributed by atoms with Gasteiger partial charge in [0.15, 0.2) is 0 Å². The fraction of sp³-hybridized carbons (Fsp3) is 0.379. The van der Waals surface area contributed by atoms with Crippen LogP contribution in [0.25, 0.3) is 0 Å². The molecule has 0 fully saturated rings. The van der Waals surface area contributed by atoms with E-state index in [2.05, 4.69) is 15.9 Å². The summed E-state index contributed by atoms with van der Waals surface area (Å²) >= 11 is 3.44. The molecule has 0 heterocycles. The van der Waals surface area contributed by atoms with Crippen LogP contribution in [0, 0.1) is 33.1 Å². The summed E-state index contributed by atoms with van der Waals surface area (Å²) in [5, 5.41) is 0.223. The lowest BCUT2D eigenvalue weighted by Gasteiger charge is -2.32. The monoisotopic (exact) mass is 618 g/mol. The summed E-state index contributed by atoms with van der Waals surface area (Å²) in [4.78, 5) is 0. The molecule has 0 unspecified atom stereocenters. The minimum atomic E-state index is -4.55. The summed E-state index contributed by atoms with van der Waals surface area (Å²) in [5.41, 5.74) is 0.00912. The third-order valence-electron chi connectivity index (χ3n) is 5.87. The van der Waals surface area contributed by atoms with Crippen LogP contribution in [0.2, 0.25) is 0 Å². The van der Waals surface area contributed by atoms with Crippen LogP contribution in [0.4, 0.5) is 26.3 Å². The van der Waals surface area contributed by atoms with Gasteiger partial charge < -0.3 is 14.2 Å². The van der Waals surface area contributed by atoms with Gasteiger partial charge >= 0.3 is 12.4 Å². The summed E-state index contributed by atoms with van der Waals surface area (Å²) in [5.74, 6) is 0.588. The molecule has 0 saturated heterocycles. The van der Waals surface area contributed by atoms with Crippen molar-refractivity contribution in [1.29, 1.82) is 0 Å². The molecule has 10 heteroatoms. The second kappa shape index (κ2) is 12.1. The molecule has 212 valence electrons. The number of hydrogen-bond acceptors (Lipinski definition) is 3. The maximum absolute atomic E-state index is 13.3. The molecule has 0 aliphatic heterocycles. The number of hydrogen-bond donors (Lipinski definition) is 0. The largest absolute Gasteiger partial charge is 0.493 e. The topological polar surface area (TPSA) is 27.7 Å². The predicted molar refractivity (Wildman–Crippen MR) is 141 cm³/mol. The number of rotatable bonds is 10. The smallest absolute Gasteiger partial charge is 0.416 e. The van der Waals surface area contributed by atoms with E-state index < -0.39 is 28.9 Å². The molecule has 0 radical (unpaired) electrons. The first-order chi connectivity index (χ1) is 18.1. The highest BCUT2D eigenvalue weighted by atomic mass is 79.9. The number of benzene rings is 3. The molecule has 0 spiro atoms. The van der Waals surface area contributed by atoms with Crippen LogP contribution in [0.1, 0.15) is 33.4 Å². The van der Waals surface area contributed by atoms with E-state index in [0.29, 0.717) is 16.9 Å². The van der Waals surface area contributed by atoms with Crippen LogP contribution < -0.4 is 14.2 Å². The Labute approximate surface area is 232 Å². The second-order valence-corrected chi connectivity index (χ2v) is 10.4. The Hall–Kier alpha value is -2.88. The van der Waals surface area contributed by atoms with Crippen molar-refractivity contribution in [3.8, 4) is 17.2 Å². The molecule has 0 aromatic heterocycles. The minimum absolute atomic E-state index is 0.00830. The van der Waals surface area contributed by atoms with E-state index in [1.54, 1.807) is 0 Å². The van der Waals surface area contributed by atoms with Crippen LogP contribution in [-0.4, -0.2) is 25.2 Å². The van der Waals surface area contributed by atoms with Gasteiger partial charge in [-0.3, -0.25) is 0 Å². The lowest BCUT2D eigenvalue weighted by Crippen LogP contribution is -2.42. The van der Waals surface area contributed by atoms with Gasteiger partial charge in [-0.1, -0.05) is 22.0 Å². The SMILES string of the molecule is Cc1cc(C)cc(OCC(CBr)(COc2cc(C)cc(C(F)(F)F)c2)COc2cc(C)cc(C(F)(F)F)c2)c1. The van der Waals surface area contributed by atoms with Crippen molar-refractivity contribution in [2.75, 3.05) is 25.2 Å². The van der Waals surface area contributed by atoms with E-state index in [4.69, 9.17) is 14.2 Å². The van der Waals surface area contributed by atoms with E-state index >= 15 is 0 Å². The van der Waals surface area contributed by atoms with E-state index in [-0.39, 0.29) is 36.6 Å². The van der Waals surface area contributed by atoms with Gasteiger partial charge in [-0.05, 0) is 98.5 Å². The Kier molecular flexibility index (Phi) is 9.51. The molecule has 0 amide bonds. The third-order valence-corrected chi connectivity index (χ3v) is 7.06. The first-order valence-corrected chi connectivity index (χ1v) is 13.1. The van der Waals surface area contributed by atoms with Crippen LogP contribution in [-0.2, 0) is 12.4 Å². The third kappa shape index (κ3) is 8.81. The summed E-state index contributed by atoms with van der Waals surface area (Å²) in [6, 6.07) is 12.5. The Bertz CT molecular complexity index is 1200. The Balaban J connectivity index is 1.89. The first-order valence-electron chi connectivity index (χ1n) is 12.0. The van der Waals surface area contributed by atoms with Gasteiger partial charge in [0.25, 0.3) is 0 Å². The summed E-state index contributed by atoms with van der Waals surface area (Å²) in [6.45, 7) is 6.62. The molecule has 0 N–H and O–H groups in total. The Morgan fingerprint density at radius 3 is 1.13 bits per heavy atom. The maximum atomic E-state index is 13.3. The van der Waals surface area contributed by atoms with Crippen LogP contribution in [0.3, 0.4) is 0 Å². The van der Waals surface area contributed by atoms with Gasteiger partial charge in [-0.2, -0.15) is 26.3 Å². The van der Waals surface area contributed by atoms with E-state index in [1.807, 2.05) is 32.0 Å². The highest BCUT2D eigenvalue weighted by Gasteiger charge is 2.36. The second-order valence-electron chi connectivity index (χ2n) is 9.89. The molecule has 3 aromatic rings. The van der Waals surface area contributed by atoms with E-state index in [1.165, 1.54) is 26.0 Å². The molecule has 3 nitrogen and oxygen atoms in total. The van der Waals surface area contributed by atoms with Gasteiger partial charge in [0, 0.05) is 5.33 Å². The van der Waals surface area contributed by atoms with E-state index in [9.17, 15) is 26.3 Å². The van der Waals surface area contributed by atoms with Crippen molar-refractivity contribution in [2.45, 2.75) is 40.0 Å². The minimum Gasteiger partial charge on any atom is -0.493 e. The van der Waals surface area contributed by atoms with Gasteiger partial charge in [0.2, 0.25) is 0 Å². The molecule has 0 saturated carbocycles. The lowest BCUT2D eigenvalue weighted by atomic mass is 9.93. The molecule has 39 heavy (non-hydrogen) atoms. The molecule has 0 aliphatic carbocycles. The lowest BCUT2D eigenvalue weighted by molar-refractivity contribution is -0.138. The average Bonchev–Trinajstić information content (AvgIpc) is 2.81. The number of aryl methyl sites for hydroxylation is 4. The number of halogens is 7. The highest BCUT2D eigenvalue weighted by Crippen LogP contribution is 2.35. The summed E-state index contributed by atoms with van der Waals surface area (Å²) in [7, 11) is 0. The van der Waals surface area contributed by atoms with Crippen molar-refractivity contribution >= 4 is 15.9 Å². The first kappa shape index (κ1) is 30.7. The zero-order valence-electron chi connectivity index (χ0n) is 21.9. The standard InChI is InChI=1S/C29H29BrF6O3/c1-18-5-19(2)9-24(8-18)37-15-27(14-30,16-38-25-10-20(3)6-22(12-25)28(31,32)33)17-39-26-11-21(4)7-23(13-26)29(34,35)36/h5-13H,14-17H2,1-4H3. The molecule has 0 aliphatic rings. The van der Waals surface area contributed by atoms with Crippen molar-refractivity contribution in [3.63, 3.8) is 0 Å². The zero-order valence-corrected chi connectivity index (χ0v) is 23.5. The quantitative estimate of drug-likeness (QED) is 0.168. The van der Waals surface area contributed by atoms with Gasteiger partial charge in [-0.25, -0.2) is 0 Å². The van der Waals surface area contributed by atoms with Gasteiger partial charge in [0.1, 0.15) is 37.1 Å². The zero-order chi connectivity index (χ0) is 29.0. The molecular weight excluding hydrogens is 590 g/mol. The van der Waals surface area contributed by atoms with E-state index in [0.717, 1.165) is 35.4 Å². The van der Waals surface area contributed by atoms with Crippen molar-refractivity contribution in [2.24, 2.45) is 5.41 Å². The van der Waals surface area contributed by atoms with Crippen LogP contribution >= 0.6 is 15.9 Å². The van der Waals surface area contributed by atoms with Gasteiger partial charge in [-0.15, -0.1) is 0 Å². The molecule has 0 atom stereocenters. The normalized spacial score (nSPS) is 12.4. The predicted octanol–water partition coefficient (Wildman–Crippen LogP) is 8.88. The van der Waals surface area contributed by atoms with Crippen LogP contribution in [0.5, 0.6) is 17.2 Å². The Morgan fingerprint density at radius 1 is 0.513 bits per heavy atom. The van der Waals surface area contributed by atoms with Crippen molar-refractivity contribution in [1.82, 2.24) is 0 Å². The molecule has 0 bridgehead atoms. The summed E-state index contributed by atoms with van der Waals surface area (Å²) in [6.07, 6.45) is -9.10. The maximum Gasteiger partial charge on any atom is 0.416 e. The highest BCUT2D eigenvalue weighted by molar-refractivity contribution is 9.09. The average molecular weight is 619 g/mol. The van der Waals surface area contributed by atoms with Gasteiger partial charge in [0.05, 0.1) is 16.5 Å². The number of ether oxygens (including phenoxy) is 3.